The van der Waals surface area contributed by atoms with E-state index in [0.717, 1.165) is 24.6 Å². The molecule has 0 aromatic carbocycles. The Bertz CT molecular complexity index is 429. The van der Waals surface area contributed by atoms with Crippen molar-refractivity contribution in [3.05, 3.63) is 17.5 Å². The second kappa shape index (κ2) is 4.96. The molecule has 1 heterocycles. The lowest BCUT2D eigenvalue weighted by Gasteiger charge is -2.22. The second-order valence-corrected chi connectivity index (χ2v) is 4.92. The van der Waals surface area contributed by atoms with Gasteiger partial charge < -0.3 is 10.6 Å². The molecule has 0 amide bonds. The molecule has 17 heavy (non-hydrogen) atoms. The SMILES string of the molecule is CCCN(c1nc(C)cc(C(N)=S)n1)C1CC1. The normalized spacial score (nSPS) is 14.7. The number of anilines is 1. The van der Waals surface area contributed by atoms with Gasteiger partial charge in [-0.15, -0.1) is 0 Å². The molecule has 1 saturated carbocycles. The molecule has 2 rings (SSSR count). The number of aryl methyl sites for hydroxylation is 1. The van der Waals surface area contributed by atoms with Gasteiger partial charge >= 0.3 is 0 Å². The molecule has 1 aromatic rings. The molecule has 4 nitrogen and oxygen atoms in total. The Balaban J connectivity index is 2.31. The fourth-order valence-electron chi connectivity index (χ4n) is 1.88. The summed E-state index contributed by atoms with van der Waals surface area (Å²) in [5.74, 6) is 0.775. The van der Waals surface area contributed by atoms with Crippen molar-refractivity contribution in [2.45, 2.75) is 39.2 Å². The van der Waals surface area contributed by atoms with Gasteiger partial charge in [0.15, 0.2) is 0 Å². The zero-order valence-electron chi connectivity index (χ0n) is 10.3. The molecule has 1 aliphatic rings. The van der Waals surface area contributed by atoms with Gasteiger partial charge in [0.25, 0.3) is 0 Å². The zero-order chi connectivity index (χ0) is 12.4. The van der Waals surface area contributed by atoms with E-state index in [1.165, 1.54) is 12.8 Å². The Morgan fingerprint density at radius 2 is 2.24 bits per heavy atom. The molecular weight excluding hydrogens is 232 g/mol. The summed E-state index contributed by atoms with van der Waals surface area (Å²) in [6.07, 6.45) is 3.57. The number of nitrogens with zero attached hydrogens (tertiary/aromatic N) is 3. The molecule has 1 aromatic heterocycles. The smallest absolute Gasteiger partial charge is 0.226 e. The summed E-state index contributed by atoms with van der Waals surface area (Å²) < 4.78 is 0. The van der Waals surface area contributed by atoms with Crippen LogP contribution in [0.5, 0.6) is 0 Å². The molecule has 1 fully saturated rings. The Hall–Kier alpha value is -1.23. The van der Waals surface area contributed by atoms with Crippen molar-refractivity contribution in [3.8, 4) is 0 Å². The van der Waals surface area contributed by atoms with E-state index in [2.05, 4.69) is 21.8 Å². The lowest BCUT2D eigenvalue weighted by Crippen LogP contribution is -2.29. The van der Waals surface area contributed by atoms with E-state index in [9.17, 15) is 0 Å². The van der Waals surface area contributed by atoms with Crippen molar-refractivity contribution in [3.63, 3.8) is 0 Å². The Kier molecular flexibility index (Phi) is 3.57. The summed E-state index contributed by atoms with van der Waals surface area (Å²) in [4.78, 5) is 11.6. The first-order valence-electron chi connectivity index (χ1n) is 6.04. The molecule has 0 radical (unpaired) electrons. The molecule has 0 spiro atoms. The van der Waals surface area contributed by atoms with Crippen LogP contribution in [-0.2, 0) is 0 Å². The molecule has 0 saturated heterocycles. The second-order valence-electron chi connectivity index (χ2n) is 4.48. The van der Waals surface area contributed by atoms with Crippen LogP contribution in [-0.4, -0.2) is 27.5 Å². The highest BCUT2D eigenvalue weighted by Crippen LogP contribution is 2.30. The lowest BCUT2D eigenvalue weighted by molar-refractivity contribution is 0.732. The summed E-state index contributed by atoms with van der Waals surface area (Å²) >= 11 is 4.98. The molecule has 0 aliphatic heterocycles. The highest BCUT2D eigenvalue weighted by Gasteiger charge is 2.30. The van der Waals surface area contributed by atoms with Gasteiger partial charge in [-0.2, -0.15) is 0 Å². The van der Waals surface area contributed by atoms with Crippen LogP contribution in [0.25, 0.3) is 0 Å². The van der Waals surface area contributed by atoms with E-state index in [-0.39, 0.29) is 0 Å². The van der Waals surface area contributed by atoms with Crippen LogP contribution in [0.15, 0.2) is 6.07 Å². The fourth-order valence-corrected chi connectivity index (χ4v) is 1.99. The van der Waals surface area contributed by atoms with Crippen LogP contribution < -0.4 is 10.6 Å². The largest absolute Gasteiger partial charge is 0.388 e. The molecule has 2 N–H and O–H groups in total. The average Bonchev–Trinajstić information content (AvgIpc) is 3.08. The third-order valence-electron chi connectivity index (χ3n) is 2.80. The van der Waals surface area contributed by atoms with Gasteiger partial charge in [-0.25, -0.2) is 9.97 Å². The first-order chi connectivity index (χ1) is 8.11. The summed E-state index contributed by atoms with van der Waals surface area (Å²) in [6.45, 7) is 5.11. The van der Waals surface area contributed by atoms with Crippen LogP contribution in [0.2, 0.25) is 0 Å². The van der Waals surface area contributed by atoms with Crippen molar-refractivity contribution in [1.82, 2.24) is 9.97 Å². The predicted molar refractivity (Wildman–Crippen MR) is 73.3 cm³/mol. The molecule has 0 bridgehead atoms. The minimum absolute atomic E-state index is 0.337. The fraction of sp³-hybridized carbons (Fsp3) is 0.583. The Morgan fingerprint density at radius 3 is 2.76 bits per heavy atom. The number of aromatic nitrogens is 2. The topological polar surface area (TPSA) is 55.0 Å². The third-order valence-corrected chi connectivity index (χ3v) is 3.01. The molecular formula is C12H18N4S. The first-order valence-corrected chi connectivity index (χ1v) is 6.44. The molecule has 92 valence electrons. The average molecular weight is 250 g/mol. The summed E-state index contributed by atoms with van der Waals surface area (Å²) in [6, 6.07) is 2.44. The van der Waals surface area contributed by atoms with Gasteiger partial charge in [0.1, 0.15) is 10.7 Å². The Labute approximate surface area is 107 Å². The van der Waals surface area contributed by atoms with Crippen molar-refractivity contribution in [2.75, 3.05) is 11.4 Å². The van der Waals surface area contributed by atoms with Crippen LogP contribution in [0.4, 0.5) is 5.95 Å². The van der Waals surface area contributed by atoms with E-state index in [4.69, 9.17) is 18.0 Å². The highest BCUT2D eigenvalue weighted by atomic mass is 32.1. The maximum Gasteiger partial charge on any atom is 0.226 e. The maximum atomic E-state index is 5.64. The van der Waals surface area contributed by atoms with Crippen LogP contribution in [0, 0.1) is 6.92 Å². The van der Waals surface area contributed by atoms with Crippen molar-refractivity contribution >= 4 is 23.2 Å². The van der Waals surface area contributed by atoms with Crippen LogP contribution in [0.1, 0.15) is 37.6 Å². The van der Waals surface area contributed by atoms with Gasteiger partial charge in [-0.3, -0.25) is 0 Å². The first kappa shape index (κ1) is 12.2. The molecule has 0 unspecified atom stereocenters. The van der Waals surface area contributed by atoms with Crippen LogP contribution >= 0.6 is 12.2 Å². The standard InChI is InChI=1S/C12H18N4S/c1-3-6-16(9-4-5-9)12-14-8(2)7-10(15-12)11(13)17/h7,9H,3-6H2,1-2H3,(H2,13,17). The van der Waals surface area contributed by atoms with Gasteiger partial charge in [-0.1, -0.05) is 19.1 Å². The highest BCUT2D eigenvalue weighted by molar-refractivity contribution is 7.80. The predicted octanol–water partition coefficient (Wildman–Crippen LogP) is 1.80. The quantitative estimate of drug-likeness (QED) is 0.808. The molecule has 0 atom stereocenters. The minimum Gasteiger partial charge on any atom is -0.388 e. The summed E-state index contributed by atoms with van der Waals surface area (Å²) in [7, 11) is 0. The van der Waals surface area contributed by atoms with Crippen molar-refractivity contribution < 1.29 is 0 Å². The molecule has 1 aliphatic carbocycles. The van der Waals surface area contributed by atoms with E-state index in [1.54, 1.807) is 0 Å². The number of hydrogen-bond donors (Lipinski definition) is 1. The summed E-state index contributed by atoms with van der Waals surface area (Å²) in [5.41, 5.74) is 7.23. The number of rotatable bonds is 5. The van der Waals surface area contributed by atoms with Crippen molar-refractivity contribution in [2.24, 2.45) is 5.73 Å². The monoisotopic (exact) mass is 250 g/mol. The van der Waals surface area contributed by atoms with Gasteiger partial charge in [0.2, 0.25) is 5.95 Å². The van der Waals surface area contributed by atoms with Crippen LogP contribution in [0.3, 0.4) is 0 Å². The lowest BCUT2D eigenvalue weighted by atomic mass is 10.3. The number of nitrogens with two attached hydrogens (primary N) is 1. The van der Waals surface area contributed by atoms with E-state index in [0.29, 0.717) is 16.7 Å². The van der Waals surface area contributed by atoms with E-state index in [1.807, 2.05) is 13.0 Å². The maximum absolute atomic E-state index is 5.64. The van der Waals surface area contributed by atoms with E-state index < -0.39 is 0 Å². The van der Waals surface area contributed by atoms with Gasteiger partial charge in [0, 0.05) is 18.3 Å². The number of hydrogen-bond acceptors (Lipinski definition) is 4. The third kappa shape index (κ3) is 2.91. The van der Waals surface area contributed by atoms with Gasteiger partial charge in [-0.05, 0) is 32.3 Å². The van der Waals surface area contributed by atoms with Crippen molar-refractivity contribution in [1.29, 1.82) is 0 Å². The van der Waals surface area contributed by atoms with Gasteiger partial charge in [0.05, 0.1) is 0 Å². The Morgan fingerprint density at radius 1 is 1.53 bits per heavy atom. The number of thiocarbonyl (C=S) groups is 1. The van der Waals surface area contributed by atoms with E-state index >= 15 is 0 Å². The summed E-state index contributed by atoms with van der Waals surface area (Å²) in [5, 5.41) is 0. The minimum atomic E-state index is 0.337. The zero-order valence-corrected chi connectivity index (χ0v) is 11.1. The molecule has 5 heteroatoms.